The molecule has 1 aromatic heterocycles. The van der Waals surface area contributed by atoms with Crippen molar-refractivity contribution in [2.24, 2.45) is 0 Å². The zero-order chi connectivity index (χ0) is 21.7. The second-order valence-electron chi connectivity index (χ2n) is 7.78. The van der Waals surface area contributed by atoms with Gasteiger partial charge < -0.3 is 4.74 Å². The van der Waals surface area contributed by atoms with Gasteiger partial charge in [0.2, 0.25) is 5.91 Å². The van der Waals surface area contributed by atoms with Gasteiger partial charge in [0.1, 0.15) is 0 Å². The van der Waals surface area contributed by atoms with Gasteiger partial charge in [-0.15, -0.1) is 0 Å². The van der Waals surface area contributed by atoms with Crippen LogP contribution in [-0.2, 0) is 25.1 Å². The smallest absolute Gasteiger partial charge is 0.228 e. The molecule has 1 aliphatic heterocycles. The normalized spacial score (nSPS) is 16.6. The van der Waals surface area contributed by atoms with Gasteiger partial charge >= 0.3 is 0 Å². The maximum absolute atomic E-state index is 13.1. The van der Waals surface area contributed by atoms with Crippen LogP contribution in [0.25, 0.3) is 10.2 Å². The minimum Gasteiger partial charge on any atom is -0.376 e. The lowest BCUT2D eigenvalue weighted by Gasteiger charge is -2.23. The number of thiazole rings is 1. The Morgan fingerprint density at radius 1 is 1.13 bits per heavy atom. The Morgan fingerprint density at radius 3 is 2.65 bits per heavy atom. The van der Waals surface area contributed by atoms with Crippen molar-refractivity contribution in [1.82, 2.24) is 4.98 Å². The Kier molecular flexibility index (Phi) is 6.99. The van der Waals surface area contributed by atoms with Crippen LogP contribution >= 0.6 is 11.3 Å². The van der Waals surface area contributed by atoms with Gasteiger partial charge in [-0.05, 0) is 37.0 Å². The molecule has 0 saturated carbocycles. The molecule has 1 atom stereocenters. The first-order valence-corrected chi connectivity index (χ1v) is 13.2. The highest BCUT2D eigenvalue weighted by atomic mass is 32.2. The van der Waals surface area contributed by atoms with Gasteiger partial charge in [-0.25, -0.2) is 13.4 Å². The van der Waals surface area contributed by atoms with Crippen molar-refractivity contribution in [3.63, 3.8) is 0 Å². The second kappa shape index (κ2) is 9.89. The predicted octanol–water partition coefficient (Wildman–Crippen LogP) is 4.20. The second-order valence-corrected chi connectivity index (χ2v) is 11.0. The summed E-state index contributed by atoms with van der Waals surface area (Å²) in [5.74, 6) is -0.120. The van der Waals surface area contributed by atoms with Crippen LogP contribution in [0.3, 0.4) is 0 Å². The Morgan fingerprint density at radius 2 is 1.90 bits per heavy atom. The summed E-state index contributed by atoms with van der Waals surface area (Å²) in [6.07, 6.45) is 2.36. The van der Waals surface area contributed by atoms with E-state index in [0.29, 0.717) is 24.7 Å². The molecule has 0 bridgehead atoms. The van der Waals surface area contributed by atoms with Crippen molar-refractivity contribution >= 4 is 42.4 Å². The third-order valence-electron chi connectivity index (χ3n) is 5.30. The van der Waals surface area contributed by atoms with Crippen LogP contribution in [0.5, 0.6) is 0 Å². The average molecular weight is 459 g/mol. The number of para-hydroxylation sites is 1. The van der Waals surface area contributed by atoms with Gasteiger partial charge in [-0.2, -0.15) is 0 Å². The van der Waals surface area contributed by atoms with Crippen LogP contribution in [0.1, 0.15) is 31.2 Å². The maximum Gasteiger partial charge on any atom is 0.228 e. The third-order valence-corrected chi connectivity index (χ3v) is 8.04. The summed E-state index contributed by atoms with van der Waals surface area (Å²) in [5, 5.41) is 0.647. The highest BCUT2D eigenvalue weighted by Crippen LogP contribution is 2.30. The summed E-state index contributed by atoms with van der Waals surface area (Å²) in [6.45, 7) is 1.17. The number of hydrogen-bond donors (Lipinski definition) is 0. The van der Waals surface area contributed by atoms with Crippen molar-refractivity contribution in [2.75, 3.05) is 23.8 Å². The third kappa shape index (κ3) is 5.90. The number of nitrogens with zero attached hydrogens (tertiary/aromatic N) is 2. The molecule has 1 saturated heterocycles. The van der Waals surface area contributed by atoms with E-state index in [-0.39, 0.29) is 29.9 Å². The number of amides is 1. The van der Waals surface area contributed by atoms with Crippen molar-refractivity contribution in [3.05, 3.63) is 60.2 Å². The molecule has 1 amide bonds. The largest absolute Gasteiger partial charge is 0.376 e. The lowest BCUT2D eigenvalue weighted by Crippen LogP contribution is -2.37. The molecule has 1 aliphatic rings. The van der Waals surface area contributed by atoms with Crippen LogP contribution in [0, 0.1) is 0 Å². The fourth-order valence-electron chi connectivity index (χ4n) is 3.73. The lowest BCUT2D eigenvalue weighted by molar-refractivity contribution is -0.119. The number of rotatable bonds is 9. The summed E-state index contributed by atoms with van der Waals surface area (Å²) >= 11 is 1.48. The van der Waals surface area contributed by atoms with E-state index < -0.39 is 9.84 Å². The molecule has 2 aromatic carbocycles. The van der Waals surface area contributed by atoms with Gasteiger partial charge in [-0.3, -0.25) is 9.69 Å². The Balaban J connectivity index is 1.41. The van der Waals surface area contributed by atoms with Crippen LogP contribution in [0.2, 0.25) is 0 Å². The van der Waals surface area contributed by atoms with Gasteiger partial charge in [0.15, 0.2) is 15.0 Å². The van der Waals surface area contributed by atoms with Crippen LogP contribution in [-0.4, -0.2) is 44.3 Å². The number of fused-ring (bicyclic) bond motifs is 1. The first kappa shape index (κ1) is 21.9. The quantitative estimate of drug-likeness (QED) is 0.480. The molecule has 6 nitrogen and oxygen atoms in total. The molecule has 1 fully saturated rings. The molecule has 0 N–H and O–H groups in total. The summed E-state index contributed by atoms with van der Waals surface area (Å²) in [5.41, 5.74) is 1.63. The Labute approximate surface area is 186 Å². The summed E-state index contributed by atoms with van der Waals surface area (Å²) in [7, 11) is -3.27. The zero-order valence-electron chi connectivity index (χ0n) is 17.3. The molecule has 3 aromatic rings. The first-order valence-electron chi connectivity index (χ1n) is 10.5. The fourth-order valence-corrected chi connectivity index (χ4v) is 6.15. The summed E-state index contributed by atoms with van der Waals surface area (Å²) in [4.78, 5) is 19.4. The van der Waals surface area contributed by atoms with E-state index in [1.807, 2.05) is 42.5 Å². The highest BCUT2D eigenvalue weighted by molar-refractivity contribution is 7.90. The van der Waals surface area contributed by atoms with E-state index in [0.717, 1.165) is 28.6 Å². The van der Waals surface area contributed by atoms with E-state index in [1.54, 1.807) is 17.0 Å². The number of ether oxygens (including phenoxy) is 1. The standard InChI is InChI=1S/C23H26N2O4S2/c26-22(13-7-15-31(27,28)17-18-8-2-1-3-9-18)25(16-19-10-6-14-29-19)23-24-20-11-4-5-12-21(20)30-23/h1-5,8-9,11-12,19H,6-7,10,13-17H2. The highest BCUT2D eigenvalue weighted by Gasteiger charge is 2.26. The molecular formula is C23H26N2O4S2. The molecule has 0 aliphatic carbocycles. The molecule has 2 heterocycles. The van der Waals surface area contributed by atoms with E-state index in [1.165, 1.54) is 11.3 Å². The number of anilines is 1. The topological polar surface area (TPSA) is 76.6 Å². The number of aromatic nitrogens is 1. The number of hydrogen-bond acceptors (Lipinski definition) is 6. The minimum atomic E-state index is -3.27. The van der Waals surface area contributed by atoms with Crippen LogP contribution < -0.4 is 4.90 Å². The zero-order valence-corrected chi connectivity index (χ0v) is 18.9. The maximum atomic E-state index is 13.1. The average Bonchev–Trinajstić information content (AvgIpc) is 3.41. The molecule has 0 radical (unpaired) electrons. The van der Waals surface area contributed by atoms with Crippen LogP contribution in [0.15, 0.2) is 54.6 Å². The molecule has 164 valence electrons. The summed E-state index contributed by atoms with van der Waals surface area (Å²) < 4.78 is 31.7. The SMILES string of the molecule is O=C(CCCS(=O)(=O)Cc1ccccc1)N(CC1CCCO1)c1nc2ccccc2s1. The van der Waals surface area contributed by atoms with Gasteiger partial charge in [0.25, 0.3) is 0 Å². The number of carbonyl (C=O) groups excluding carboxylic acids is 1. The molecule has 4 rings (SSSR count). The summed E-state index contributed by atoms with van der Waals surface area (Å²) in [6, 6.07) is 16.9. The molecule has 31 heavy (non-hydrogen) atoms. The van der Waals surface area contributed by atoms with E-state index in [2.05, 4.69) is 4.98 Å². The van der Waals surface area contributed by atoms with E-state index in [9.17, 15) is 13.2 Å². The van der Waals surface area contributed by atoms with Gasteiger partial charge in [0.05, 0.1) is 34.4 Å². The minimum absolute atomic E-state index is 0.000468. The van der Waals surface area contributed by atoms with Crippen LogP contribution in [0.4, 0.5) is 5.13 Å². The molecular weight excluding hydrogens is 432 g/mol. The Bertz CT molecular complexity index is 1090. The molecule has 0 spiro atoms. The molecule has 1 unspecified atom stereocenters. The molecule has 8 heteroatoms. The van der Waals surface area contributed by atoms with Crippen molar-refractivity contribution < 1.29 is 17.9 Å². The predicted molar refractivity (Wildman–Crippen MR) is 124 cm³/mol. The first-order chi connectivity index (χ1) is 15.0. The van der Waals surface area contributed by atoms with Gasteiger partial charge in [0, 0.05) is 13.0 Å². The monoisotopic (exact) mass is 458 g/mol. The van der Waals surface area contributed by atoms with E-state index >= 15 is 0 Å². The van der Waals surface area contributed by atoms with Crippen molar-refractivity contribution in [3.8, 4) is 0 Å². The lowest BCUT2D eigenvalue weighted by atomic mass is 10.2. The number of carbonyl (C=O) groups is 1. The van der Waals surface area contributed by atoms with Crippen molar-refractivity contribution in [2.45, 2.75) is 37.5 Å². The fraction of sp³-hybridized carbons (Fsp3) is 0.391. The van der Waals surface area contributed by atoms with Gasteiger partial charge in [-0.1, -0.05) is 53.8 Å². The Hall–Kier alpha value is -2.29. The van der Waals surface area contributed by atoms with Crippen molar-refractivity contribution in [1.29, 1.82) is 0 Å². The number of benzene rings is 2. The number of sulfone groups is 1. The van der Waals surface area contributed by atoms with E-state index in [4.69, 9.17) is 4.74 Å².